The van der Waals surface area contributed by atoms with E-state index in [1.807, 2.05) is 6.92 Å². The molecule has 1 aliphatic rings. The molecule has 0 radical (unpaired) electrons. The van der Waals surface area contributed by atoms with Crippen LogP contribution in [0, 0.1) is 6.92 Å². The van der Waals surface area contributed by atoms with Crippen LogP contribution in [0.3, 0.4) is 0 Å². The number of oxazole rings is 1. The molecule has 1 fully saturated rings. The lowest BCUT2D eigenvalue weighted by Gasteiger charge is -2.05. The van der Waals surface area contributed by atoms with Gasteiger partial charge in [-0.05, 0) is 6.92 Å². The van der Waals surface area contributed by atoms with Crippen molar-refractivity contribution in [3.05, 3.63) is 12.0 Å². The molecule has 0 saturated carbocycles. The average molecular weight is 201 g/mol. The second-order valence-corrected chi connectivity index (χ2v) is 3.71. The molecule has 1 aliphatic heterocycles. The minimum absolute atomic E-state index is 0.0998. The zero-order chi connectivity index (χ0) is 9.10. The monoisotopic (exact) mass is 201 g/mol. The van der Waals surface area contributed by atoms with Crippen molar-refractivity contribution >= 4 is 11.8 Å². The van der Waals surface area contributed by atoms with E-state index in [0.717, 1.165) is 11.4 Å². The first kappa shape index (κ1) is 9.05. The summed E-state index contributed by atoms with van der Waals surface area (Å²) in [6.07, 6.45) is 1.54. The van der Waals surface area contributed by atoms with E-state index < -0.39 is 0 Å². The molecule has 0 N–H and O–H groups in total. The Bertz CT molecular complexity index is 270. The maximum Gasteiger partial charge on any atom is 0.255 e. The maximum atomic E-state index is 5.27. The summed E-state index contributed by atoms with van der Waals surface area (Å²) in [5, 5.41) is 0.677. The van der Waals surface area contributed by atoms with E-state index >= 15 is 0 Å². The zero-order valence-corrected chi connectivity index (χ0v) is 8.17. The molecule has 1 aromatic heterocycles. The summed E-state index contributed by atoms with van der Waals surface area (Å²) in [5.74, 6) is 0.736. The predicted molar refractivity (Wildman–Crippen MR) is 47.7 cm³/mol. The fourth-order valence-electron chi connectivity index (χ4n) is 1.04. The van der Waals surface area contributed by atoms with Crippen molar-refractivity contribution in [2.75, 3.05) is 19.0 Å². The van der Waals surface area contributed by atoms with Gasteiger partial charge >= 0.3 is 0 Å². The van der Waals surface area contributed by atoms with Gasteiger partial charge in [-0.3, -0.25) is 0 Å². The van der Waals surface area contributed by atoms with Crippen molar-refractivity contribution in [1.82, 2.24) is 4.98 Å². The number of hydrogen-bond donors (Lipinski definition) is 0. The fraction of sp³-hybridized carbons (Fsp3) is 0.625. The van der Waals surface area contributed by atoms with Gasteiger partial charge in [-0.15, -0.1) is 0 Å². The highest BCUT2D eigenvalue weighted by Crippen LogP contribution is 2.20. The van der Waals surface area contributed by atoms with Gasteiger partial charge in [-0.2, -0.15) is 0 Å². The van der Waals surface area contributed by atoms with Gasteiger partial charge in [0.05, 0.1) is 24.7 Å². The lowest BCUT2D eigenvalue weighted by Crippen LogP contribution is -2.10. The van der Waals surface area contributed by atoms with Crippen LogP contribution in [0.5, 0.6) is 0 Å². The highest BCUT2D eigenvalue weighted by atomic mass is 32.2. The van der Waals surface area contributed by atoms with Crippen LogP contribution in [0.4, 0.5) is 0 Å². The van der Waals surface area contributed by atoms with Gasteiger partial charge in [0, 0.05) is 0 Å². The lowest BCUT2D eigenvalue weighted by molar-refractivity contribution is -0.0215. The third-order valence-electron chi connectivity index (χ3n) is 1.63. The van der Waals surface area contributed by atoms with Crippen LogP contribution in [-0.4, -0.2) is 30.2 Å². The Morgan fingerprint density at radius 3 is 2.92 bits per heavy atom. The van der Waals surface area contributed by atoms with Crippen molar-refractivity contribution in [2.24, 2.45) is 0 Å². The summed E-state index contributed by atoms with van der Waals surface area (Å²) in [5.41, 5.74) is 0.899. The number of ether oxygens (including phenoxy) is 2. The number of nitrogens with zero attached hydrogens (tertiary/aromatic N) is 1. The number of rotatable bonds is 3. The molecule has 1 saturated heterocycles. The molecular weight excluding hydrogens is 190 g/mol. The Morgan fingerprint density at radius 1 is 1.54 bits per heavy atom. The minimum Gasteiger partial charge on any atom is -0.440 e. The summed E-state index contributed by atoms with van der Waals surface area (Å²) >= 11 is 1.51. The Morgan fingerprint density at radius 2 is 2.31 bits per heavy atom. The molecule has 2 heterocycles. The first-order chi connectivity index (χ1) is 6.34. The Kier molecular flexibility index (Phi) is 2.87. The van der Waals surface area contributed by atoms with Crippen LogP contribution in [0.2, 0.25) is 0 Å². The summed E-state index contributed by atoms with van der Waals surface area (Å²) in [7, 11) is 0. The van der Waals surface area contributed by atoms with Gasteiger partial charge in [0.1, 0.15) is 6.26 Å². The van der Waals surface area contributed by atoms with E-state index in [1.54, 1.807) is 6.26 Å². The van der Waals surface area contributed by atoms with Gasteiger partial charge < -0.3 is 13.9 Å². The number of aromatic nitrogens is 1. The molecule has 5 heteroatoms. The Hall–Kier alpha value is -0.520. The van der Waals surface area contributed by atoms with Gasteiger partial charge in [0.25, 0.3) is 5.22 Å². The molecule has 2 rings (SSSR count). The maximum absolute atomic E-state index is 5.27. The van der Waals surface area contributed by atoms with E-state index in [2.05, 4.69) is 4.98 Å². The van der Waals surface area contributed by atoms with Crippen molar-refractivity contribution < 1.29 is 13.9 Å². The highest BCUT2D eigenvalue weighted by molar-refractivity contribution is 7.99. The second-order valence-electron chi connectivity index (χ2n) is 2.74. The van der Waals surface area contributed by atoms with Crippen LogP contribution >= 0.6 is 11.8 Å². The molecule has 13 heavy (non-hydrogen) atoms. The molecule has 0 aliphatic carbocycles. The summed E-state index contributed by atoms with van der Waals surface area (Å²) in [4.78, 5) is 4.16. The zero-order valence-electron chi connectivity index (χ0n) is 7.36. The predicted octanol–water partition coefficient (Wildman–Crippen LogP) is 1.45. The van der Waals surface area contributed by atoms with Gasteiger partial charge in [-0.1, -0.05) is 11.8 Å². The summed E-state index contributed by atoms with van der Waals surface area (Å²) < 4.78 is 15.7. The third-order valence-corrected chi connectivity index (χ3v) is 2.50. The van der Waals surface area contributed by atoms with Crippen LogP contribution in [0.25, 0.3) is 0 Å². The first-order valence-electron chi connectivity index (χ1n) is 4.13. The van der Waals surface area contributed by atoms with Crippen LogP contribution in [0.1, 0.15) is 5.69 Å². The SMILES string of the molecule is Cc1coc(SCC2OCCO2)n1. The molecule has 0 unspecified atom stereocenters. The van der Waals surface area contributed by atoms with E-state index in [9.17, 15) is 0 Å². The van der Waals surface area contributed by atoms with Gasteiger partial charge in [-0.25, -0.2) is 4.98 Å². The van der Waals surface area contributed by atoms with Gasteiger partial charge in [0.15, 0.2) is 6.29 Å². The first-order valence-corrected chi connectivity index (χ1v) is 5.11. The molecule has 0 aromatic carbocycles. The molecule has 72 valence electrons. The van der Waals surface area contributed by atoms with E-state index in [0.29, 0.717) is 18.4 Å². The van der Waals surface area contributed by atoms with E-state index in [-0.39, 0.29) is 6.29 Å². The number of thioether (sulfide) groups is 1. The Balaban J connectivity index is 1.78. The van der Waals surface area contributed by atoms with Crippen molar-refractivity contribution in [2.45, 2.75) is 18.4 Å². The molecule has 0 atom stereocenters. The second kappa shape index (κ2) is 4.13. The smallest absolute Gasteiger partial charge is 0.255 e. The molecule has 1 aromatic rings. The average Bonchev–Trinajstić information content (AvgIpc) is 2.71. The molecule has 0 spiro atoms. The molecule has 0 amide bonds. The quantitative estimate of drug-likeness (QED) is 0.692. The number of aryl methyl sites for hydroxylation is 1. The molecule has 4 nitrogen and oxygen atoms in total. The van der Waals surface area contributed by atoms with E-state index in [4.69, 9.17) is 13.9 Å². The number of hydrogen-bond acceptors (Lipinski definition) is 5. The normalized spacial score (nSPS) is 18.2. The molecule has 0 bridgehead atoms. The van der Waals surface area contributed by atoms with Gasteiger partial charge in [0.2, 0.25) is 0 Å². The van der Waals surface area contributed by atoms with Crippen molar-refractivity contribution in [1.29, 1.82) is 0 Å². The van der Waals surface area contributed by atoms with Crippen molar-refractivity contribution in [3.63, 3.8) is 0 Å². The van der Waals surface area contributed by atoms with E-state index in [1.165, 1.54) is 11.8 Å². The topological polar surface area (TPSA) is 44.5 Å². The minimum atomic E-state index is -0.0998. The third kappa shape index (κ3) is 2.46. The van der Waals surface area contributed by atoms with Crippen LogP contribution in [-0.2, 0) is 9.47 Å². The summed E-state index contributed by atoms with van der Waals surface area (Å²) in [6.45, 7) is 3.28. The highest BCUT2D eigenvalue weighted by Gasteiger charge is 2.16. The lowest BCUT2D eigenvalue weighted by atomic mass is 10.6. The van der Waals surface area contributed by atoms with Crippen molar-refractivity contribution in [3.8, 4) is 0 Å². The molecular formula is C8H11NO3S. The standard InChI is InChI=1S/C8H11NO3S/c1-6-4-12-8(9-6)13-5-7-10-2-3-11-7/h4,7H,2-3,5H2,1H3. The fourth-order valence-corrected chi connectivity index (χ4v) is 1.84. The Labute approximate surface area is 80.6 Å². The van der Waals surface area contributed by atoms with Crippen LogP contribution in [0.15, 0.2) is 15.9 Å². The summed E-state index contributed by atoms with van der Waals surface area (Å²) in [6, 6.07) is 0. The largest absolute Gasteiger partial charge is 0.440 e. The van der Waals surface area contributed by atoms with Crippen LogP contribution < -0.4 is 0 Å².